The molecule has 6 nitrogen and oxygen atoms in total. The molecule has 0 fully saturated rings. The van der Waals surface area contributed by atoms with Crippen LogP contribution in [0.4, 0.5) is 5.69 Å². The highest BCUT2D eigenvalue weighted by Gasteiger charge is 2.18. The molecule has 0 radical (unpaired) electrons. The summed E-state index contributed by atoms with van der Waals surface area (Å²) in [6.45, 7) is 1.58. The molecule has 2 rings (SSSR count). The third kappa shape index (κ3) is 3.00. The Kier molecular flexibility index (Phi) is 3.80. The van der Waals surface area contributed by atoms with Crippen molar-refractivity contribution in [1.29, 1.82) is 0 Å². The van der Waals surface area contributed by atoms with E-state index in [2.05, 4.69) is 4.98 Å². The molecule has 0 spiro atoms. The van der Waals surface area contributed by atoms with E-state index in [1.165, 1.54) is 30.5 Å². The highest BCUT2D eigenvalue weighted by molar-refractivity contribution is 7.90. The Morgan fingerprint density at radius 2 is 2.00 bits per heavy atom. The second kappa shape index (κ2) is 5.38. The van der Waals surface area contributed by atoms with E-state index in [-0.39, 0.29) is 16.5 Å². The molecule has 1 aromatic heterocycles. The predicted molar refractivity (Wildman–Crippen MR) is 73.0 cm³/mol. The molecule has 0 aliphatic heterocycles. The highest BCUT2D eigenvalue weighted by atomic mass is 32.2. The molecule has 7 heteroatoms. The minimum atomic E-state index is -3.54. The van der Waals surface area contributed by atoms with Crippen molar-refractivity contribution in [1.82, 2.24) is 4.98 Å². The fraction of sp³-hybridized carbons (Fsp3) is 0.154. The van der Waals surface area contributed by atoms with Crippen LogP contribution in [0.3, 0.4) is 0 Å². The van der Waals surface area contributed by atoms with Crippen molar-refractivity contribution in [3.63, 3.8) is 0 Å². The molecule has 0 aliphatic rings. The second-order valence-corrected chi connectivity index (χ2v) is 6.24. The Balaban J connectivity index is 2.31. The monoisotopic (exact) mass is 292 g/mol. The van der Waals surface area contributed by atoms with Gasteiger partial charge in [-0.25, -0.2) is 13.4 Å². The number of pyridine rings is 1. The lowest BCUT2D eigenvalue weighted by Gasteiger charge is -2.05. The normalized spacial score (nSPS) is 11.2. The van der Waals surface area contributed by atoms with E-state index in [1.807, 2.05) is 0 Å². The van der Waals surface area contributed by atoms with Crippen molar-refractivity contribution in [3.8, 4) is 0 Å². The first-order valence-electron chi connectivity index (χ1n) is 5.78. The van der Waals surface area contributed by atoms with Crippen LogP contribution in [-0.2, 0) is 15.6 Å². The van der Waals surface area contributed by atoms with Gasteiger partial charge in [-0.15, -0.1) is 0 Å². The number of benzene rings is 1. The van der Waals surface area contributed by atoms with Crippen LogP contribution in [0.15, 0.2) is 47.6 Å². The molecule has 0 amide bonds. The van der Waals surface area contributed by atoms with E-state index in [4.69, 9.17) is 0 Å². The summed E-state index contributed by atoms with van der Waals surface area (Å²) in [7, 11) is -3.54. The van der Waals surface area contributed by atoms with Crippen molar-refractivity contribution >= 4 is 15.5 Å². The lowest BCUT2D eigenvalue weighted by atomic mass is 10.1. The van der Waals surface area contributed by atoms with Gasteiger partial charge in [-0.3, -0.25) is 10.1 Å². The summed E-state index contributed by atoms with van der Waals surface area (Å²) in [5.74, 6) is -0.233. The number of aromatic nitrogens is 1. The fourth-order valence-corrected chi connectivity index (χ4v) is 3.11. The van der Waals surface area contributed by atoms with Crippen LogP contribution in [0.1, 0.15) is 11.1 Å². The average molecular weight is 292 g/mol. The summed E-state index contributed by atoms with van der Waals surface area (Å²) in [6.07, 6.45) is 1.41. The Bertz CT molecular complexity index is 742. The fourth-order valence-electron chi connectivity index (χ4n) is 1.84. The van der Waals surface area contributed by atoms with Crippen LogP contribution in [-0.4, -0.2) is 18.3 Å². The van der Waals surface area contributed by atoms with Crippen molar-refractivity contribution < 1.29 is 13.3 Å². The largest absolute Gasteiger partial charge is 0.272 e. The molecular weight excluding hydrogens is 280 g/mol. The van der Waals surface area contributed by atoms with Crippen LogP contribution in [0.2, 0.25) is 0 Å². The molecule has 0 unspecified atom stereocenters. The van der Waals surface area contributed by atoms with E-state index in [0.717, 1.165) is 0 Å². The van der Waals surface area contributed by atoms with Crippen molar-refractivity contribution in [2.24, 2.45) is 0 Å². The van der Waals surface area contributed by atoms with Gasteiger partial charge in [0.1, 0.15) is 0 Å². The Hall–Kier alpha value is -2.28. The zero-order chi connectivity index (χ0) is 14.8. The second-order valence-electron chi connectivity index (χ2n) is 4.31. The third-order valence-electron chi connectivity index (χ3n) is 2.77. The third-order valence-corrected chi connectivity index (χ3v) is 4.36. The molecule has 0 saturated heterocycles. The van der Waals surface area contributed by atoms with Gasteiger partial charge in [-0.05, 0) is 30.7 Å². The van der Waals surface area contributed by atoms with E-state index in [9.17, 15) is 18.5 Å². The Labute approximate surface area is 116 Å². The first kappa shape index (κ1) is 14.1. The van der Waals surface area contributed by atoms with Crippen LogP contribution < -0.4 is 0 Å². The summed E-state index contributed by atoms with van der Waals surface area (Å²) < 4.78 is 24.3. The lowest BCUT2D eigenvalue weighted by molar-refractivity contribution is -0.385. The number of nitro benzene ring substituents is 1. The van der Waals surface area contributed by atoms with E-state index in [0.29, 0.717) is 11.1 Å². The zero-order valence-corrected chi connectivity index (χ0v) is 11.5. The molecule has 2 aromatic rings. The van der Waals surface area contributed by atoms with Gasteiger partial charge in [-0.2, -0.15) is 0 Å². The van der Waals surface area contributed by atoms with Gasteiger partial charge in [-0.1, -0.05) is 12.1 Å². The van der Waals surface area contributed by atoms with Gasteiger partial charge < -0.3 is 0 Å². The van der Waals surface area contributed by atoms with Gasteiger partial charge in [0, 0.05) is 17.8 Å². The Morgan fingerprint density at radius 1 is 1.25 bits per heavy atom. The summed E-state index contributed by atoms with van der Waals surface area (Å²) in [5, 5.41) is 10.7. The number of hydrogen-bond donors (Lipinski definition) is 0. The van der Waals surface area contributed by atoms with Gasteiger partial charge >= 0.3 is 0 Å². The average Bonchev–Trinajstić information content (AvgIpc) is 2.39. The summed E-state index contributed by atoms with van der Waals surface area (Å²) in [4.78, 5) is 14.0. The molecule has 104 valence electrons. The van der Waals surface area contributed by atoms with Gasteiger partial charge in [0.2, 0.25) is 0 Å². The zero-order valence-electron chi connectivity index (χ0n) is 10.7. The molecule has 1 aromatic carbocycles. The number of aryl methyl sites for hydroxylation is 1. The van der Waals surface area contributed by atoms with E-state index >= 15 is 0 Å². The lowest BCUT2D eigenvalue weighted by Crippen LogP contribution is -2.07. The molecule has 0 saturated carbocycles. The van der Waals surface area contributed by atoms with Crippen LogP contribution in [0.25, 0.3) is 0 Å². The first-order valence-corrected chi connectivity index (χ1v) is 7.43. The topological polar surface area (TPSA) is 90.2 Å². The first-order chi connectivity index (χ1) is 9.40. The smallest absolute Gasteiger partial charge is 0.258 e. The van der Waals surface area contributed by atoms with Crippen molar-refractivity contribution in [3.05, 3.63) is 63.8 Å². The highest BCUT2D eigenvalue weighted by Crippen LogP contribution is 2.21. The minimum Gasteiger partial charge on any atom is -0.258 e. The SMILES string of the molecule is Cc1cc(CS(=O)(=O)c2ccccn2)ccc1[N+](=O)[O-]. The number of rotatable bonds is 4. The van der Waals surface area contributed by atoms with Crippen LogP contribution in [0, 0.1) is 17.0 Å². The standard InChI is InChI=1S/C13H12N2O4S/c1-10-8-11(5-6-12(10)15(16)17)9-20(18,19)13-4-2-3-7-14-13/h2-8H,9H2,1H3. The molecule has 1 heterocycles. The van der Waals surface area contributed by atoms with Gasteiger partial charge in [0.05, 0.1) is 10.7 Å². The van der Waals surface area contributed by atoms with Gasteiger partial charge in [0.15, 0.2) is 14.9 Å². The number of nitro groups is 1. The summed E-state index contributed by atoms with van der Waals surface area (Å²) in [6, 6.07) is 8.94. The molecular formula is C13H12N2O4S. The minimum absolute atomic E-state index is 0.00370. The quantitative estimate of drug-likeness (QED) is 0.637. The summed E-state index contributed by atoms with van der Waals surface area (Å²) >= 11 is 0. The Morgan fingerprint density at radius 3 is 2.55 bits per heavy atom. The number of hydrogen-bond acceptors (Lipinski definition) is 5. The van der Waals surface area contributed by atoms with Crippen molar-refractivity contribution in [2.45, 2.75) is 17.7 Å². The molecule has 20 heavy (non-hydrogen) atoms. The molecule has 0 N–H and O–H groups in total. The van der Waals surface area contributed by atoms with Crippen molar-refractivity contribution in [2.75, 3.05) is 0 Å². The van der Waals surface area contributed by atoms with Gasteiger partial charge in [0.25, 0.3) is 5.69 Å². The molecule has 0 atom stereocenters. The van der Waals surface area contributed by atoms with Crippen LogP contribution in [0.5, 0.6) is 0 Å². The predicted octanol–water partition coefficient (Wildman–Crippen LogP) is 2.27. The number of sulfone groups is 1. The maximum absolute atomic E-state index is 12.1. The summed E-state index contributed by atoms with van der Waals surface area (Å²) in [5.41, 5.74) is 0.909. The number of nitrogens with zero attached hydrogens (tertiary/aromatic N) is 2. The van der Waals surface area contributed by atoms with E-state index in [1.54, 1.807) is 19.1 Å². The maximum Gasteiger partial charge on any atom is 0.272 e. The van der Waals surface area contributed by atoms with E-state index < -0.39 is 14.8 Å². The molecule has 0 aliphatic carbocycles. The van der Waals surface area contributed by atoms with Crippen LogP contribution >= 0.6 is 0 Å². The maximum atomic E-state index is 12.1. The molecule has 0 bridgehead atoms.